The third kappa shape index (κ3) is 3.52. The van der Waals surface area contributed by atoms with Crippen LogP contribution in [0.25, 0.3) is 10.9 Å². The molecular formula is C20H24N6. The molecule has 0 spiro atoms. The molecule has 3 heterocycles. The van der Waals surface area contributed by atoms with Crippen LogP contribution in [-0.4, -0.2) is 50.9 Å². The van der Waals surface area contributed by atoms with E-state index in [4.69, 9.17) is 5.73 Å². The molecule has 6 nitrogen and oxygen atoms in total. The fraction of sp³-hybridized carbons (Fsp3) is 0.350. The topological polar surface area (TPSA) is 71.2 Å². The zero-order valence-electron chi connectivity index (χ0n) is 15.0. The van der Waals surface area contributed by atoms with Gasteiger partial charge in [0.15, 0.2) is 0 Å². The molecule has 134 valence electrons. The molecule has 0 aliphatic carbocycles. The molecule has 3 aromatic rings. The highest BCUT2D eigenvalue weighted by Crippen LogP contribution is 2.22. The van der Waals surface area contributed by atoms with Crippen molar-refractivity contribution in [2.24, 2.45) is 0 Å². The van der Waals surface area contributed by atoms with Gasteiger partial charge in [-0.3, -0.25) is 14.8 Å². The highest BCUT2D eigenvalue weighted by Gasteiger charge is 2.22. The van der Waals surface area contributed by atoms with E-state index in [-0.39, 0.29) is 0 Å². The van der Waals surface area contributed by atoms with Crippen LogP contribution in [0.4, 0.5) is 5.82 Å². The number of aromatic nitrogens is 3. The molecule has 26 heavy (non-hydrogen) atoms. The first-order valence-electron chi connectivity index (χ1n) is 9.08. The second kappa shape index (κ2) is 7.35. The Morgan fingerprint density at radius 3 is 2.50 bits per heavy atom. The van der Waals surface area contributed by atoms with Crippen LogP contribution in [-0.2, 0) is 6.54 Å². The fourth-order valence-electron chi connectivity index (χ4n) is 3.58. The van der Waals surface area contributed by atoms with Crippen LogP contribution in [0.3, 0.4) is 0 Å². The molecule has 4 rings (SSSR count). The van der Waals surface area contributed by atoms with E-state index in [0.717, 1.165) is 49.5 Å². The van der Waals surface area contributed by atoms with Crippen molar-refractivity contribution < 1.29 is 0 Å². The zero-order valence-corrected chi connectivity index (χ0v) is 15.0. The van der Waals surface area contributed by atoms with Crippen LogP contribution in [0, 0.1) is 0 Å². The Hall–Kier alpha value is -2.57. The number of benzene rings is 1. The van der Waals surface area contributed by atoms with Crippen molar-refractivity contribution >= 4 is 16.7 Å². The van der Waals surface area contributed by atoms with Crippen molar-refractivity contribution in [1.29, 1.82) is 0 Å². The van der Waals surface area contributed by atoms with E-state index in [9.17, 15) is 0 Å². The maximum absolute atomic E-state index is 6.11. The van der Waals surface area contributed by atoms with Gasteiger partial charge in [0.1, 0.15) is 11.6 Å². The summed E-state index contributed by atoms with van der Waals surface area (Å²) in [5, 5.41) is 0.923. The van der Waals surface area contributed by atoms with Crippen LogP contribution in [0.15, 0.2) is 48.8 Å². The lowest BCUT2D eigenvalue weighted by atomic mass is 10.1. The van der Waals surface area contributed by atoms with Crippen LogP contribution in [0.1, 0.15) is 24.4 Å². The summed E-state index contributed by atoms with van der Waals surface area (Å²) in [5.74, 6) is 1.37. The fourth-order valence-corrected chi connectivity index (χ4v) is 3.58. The Labute approximate surface area is 153 Å². The van der Waals surface area contributed by atoms with Crippen LogP contribution >= 0.6 is 0 Å². The van der Waals surface area contributed by atoms with Gasteiger partial charge in [0, 0.05) is 50.0 Å². The third-order valence-corrected chi connectivity index (χ3v) is 5.19. The molecule has 1 aliphatic rings. The summed E-state index contributed by atoms with van der Waals surface area (Å²) in [4.78, 5) is 18.2. The summed E-state index contributed by atoms with van der Waals surface area (Å²) in [5.41, 5.74) is 8.34. The van der Waals surface area contributed by atoms with Gasteiger partial charge in [-0.1, -0.05) is 12.1 Å². The second-order valence-corrected chi connectivity index (χ2v) is 6.81. The summed E-state index contributed by atoms with van der Waals surface area (Å²) in [6.07, 6.45) is 3.73. The minimum Gasteiger partial charge on any atom is -0.383 e. The predicted octanol–water partition coefficient (Wildman–Crippen LogP) is 2.49. The van der Waals surface area contributed by atoms with Crippen molar-refractivity contribution in [2.45, 2.75) is 19.5 Å². The number of pyridine rings is 1. The van der Waals surface area contributed by atoms with Crippen molar-refractivity contribution in [3.05, 3.63) is 60.2 Å². The zero-order chi connectivity index (χ0) is 17.9. The third-order valence-electron chi connectivity index (χ3n) is 5.19. The monoisotopic (exact) mass is 348 g/mol. The maximum Gasteiger partial charge on any atom is 0.145 e. The highest BCUT2D eigenvalue weighted by molar-refractivity contribution is 5.87. The van der Waals surface area contributed by atoms with Gasteiger partial charge >= 0.3 is 0 Å². The van der Waals surface area contributed by atoms with Gasteiger partial charge in [-0.2, -0.15) is 0 Å². The molecule has 0 bridgehead atoms. The number of para-hydroxylation sites is 1. The van der Waals surface area contributed by atoms with Gasteiger partial charge in [0.25, 0.3) is 0 Å². The number of hydrogen-bond acceptors (Lipinski definition) is 6. The summed E-state index contributed by atoms with van der Waals surface area (Å²) in [7, 11) is 0. The quantitative estimate of drug-likeness (QED) is 0.781. The van der Waals surface area contributed by atoms with E-state index in [1.807, 2.05) is 36.7 Å². The molecule has 1 aromatic carbocycles. The van der Waals surface area contributed by atoms with Gasteiger partial charge in [-0.25, -0.2) is 9.97 Å². The molecule has 0 saturated carbocycles. The molecule has 0 radical (unpaired) electrons. The van der Waals surface area contributed by atoms with Gasteiger partial charge in [-0.15, -0.1) is 0 Å². The van der Waals surface area contributed by atoms with Crippen molar-refractivity contribution in [3.63, 3.8) is 0 Å². The van der Waals surface area contributed by atoms with E-state index in [1.54, 1.807) is 0 Å². The largest absolute Gasteiger partial charge is 0.383 e. The standard InChI is InChI=1S/C20H24N6/c1-15(16-6-8-22-9-7-16)26-12-10-25(11-13-26)14-19-23-18-5-3-2-4-17(18)20(21)24-19/h2-9,15H,10-14H2,1H3,(H2,21,23,24)/t15-/m0/s1. The lowest BCUT2D eigenvalue weighted by Gasteiger charge is -2.38. The first kappa shape index (κ1) is 16.9. The number of nitrogens with two attached hydrogens (primary N) is 1. The Bertz CT molecular complexity index is 874. The Kier molecular flexibility index (Phi) is 4.77. The summed E-state index contributed by atoms with van der Waals surface area (Å²) in [6, 6.07) is 12.5. The van der Waals surface area contributed by atoms with E-state index in [2.05, 4.69) is 43.8 Å². The second-order valence-electron chi connectivity index (χ2n) is 6.81. The van der Waals surface area contributed by atoms with E-state index in [1.165, 1.54) is 5.56 Å². The van der Waals surface area contributed by atoms with E-state index >= 15 is 0 Å². The van der Waals surface area contributed by atoms with Gasteiger partial charge in [-0.05, 0) is 36.8 Å². The number of piperazine rings is 1. The molecule has 1 saturated heterocycles. The number of anilines is 1. The van der Waals surface area contributed by atoms with Gasteiger partial charge in [0.05, 0.1) is 12.1 Å². The number of fused-ring (bicyclic) bond motifs is 1. The minimum atomic E-state index is 0.410. The highest BCUT2D eigenvalue weighted by atomic mass is 15.3. The molecule has 0 unspecified atom stereocenters. The summed E-state index contributed by atoms with van der Waals surface area (Å²) < 4.78 is 0. The smallest absolute Gasteiger partial charge is 0.145 e. The Morgan fingerprint density at radius 2 is 1.73 bits per heavy atom. The van der Waals surface area contributed by atoms with Crippen molar-refractivity contribution in [1.82, 2.24) is 24.8 Å². The average molecular weight is 348 g/mol. The molecule has 6 heteroatoms. The lowest BCUT2D eigenvalue weighted by Crippen LogP contribution is -2.46. The molecule has 1 aliphatic heterocycles. The van der Waals surface area contributed by atoms with E-state index in [0.29, 0.717) is 11.9 Å². The van der Waals surface area contributed by atoms with Crippen molar-refractivity contribution in [2.75, 3.05) is 31.9 Å². The number of nitrogens with zero attached hydrogens (tertiary/aromatic N) is 5. The summed E-state index contributed by atoms with van der Waals surface area (Å²) >= 11 is 0. The van der Waals surface area contributed by atoms with Crippen LogP contribution in [0.2, 0.25) is 0 Å². The number of rotatable bonds is 4. The maximum atomic E-state index is 6.11. The molecule has 1 fully saturated rings. The van der Waals surface area contributed by atoms with E-state index < -0.39 is 0 Å². The Balaban J connectivity index is 1.40. The molecule has 0 amide bonds. The van der Waals surface area contributed by atoms with Gasteiger partial charge < -0.3 is 5.73 Å². The average Bonchev–Trinajstić information content (AvgIpc) is 2.69. The Morgan fingerprint density at radius 1 is 1.00 bits per heavy atom. The molecule has 2 N–H and O–H groups in total. The molecule has 1 atom stereocenters. The lowest BCUT2D eigenvalue weighted by molar-refractivity contribution is 0.0962. The van der Waals surface area contributed by atoms with Crippen molar-refractivity contribution in [3.8, 4) is 0 Å². The van der Waals surface area contributed by atoms with Crippen LogP contribution < -0.4 is 5.73 Å². The molecule has 2 aromatic heterocycles. The summed E-state index contributed by atoms with van der Waals surface area (Å²) in [6.45, 7) is 7.08. The SMILES string of the molecule is C[C@@H](c1ccncc1)N1CCN(Cc2nc(N)c3ccccc3n2)CC1. The number of nitrogen functional groups attached to an aromatic ring is 1. The number of hydrogen-bond donors (Lipinski definition) is 1. The normalized spacial score (nSPS) is 17.4. The predicted molar refractivity (Wildman–Crippen MR) is 103 cm³/mol. The van der Waals surface area contributed by atoms with Gasteiger partial charge in [0.2, 0.25) is 0 Å². The first-order chi connectivity index (χ1) is 12.7. The minimum absolute atomic E-state index is 0.410. The molecular weight excluding hydrogens is 324 g/mol. The van der Waals surface area contributed by atoms with Crippen LogP contribution in [0.5, 0.6) is 0 Å². The first-order valence-corrected chi connectivity index (χ1v) is 9.08.